The minimum absolute atomic E-state index is 0.0614. The van der Waals surface area contributed by atoms with Crippen LogP contribution in [0.1, 0.15) is 50.0 Å². The van der Waals surface area contributed by atoms with Crippen molar-refractivity contribution in [3.05, 3.63) is 92.7 Å². The maximum atomic E-state index is 13.1. The number of halogens is 3. The van der Waals surface area contributed by atoms with Crippen molar-refractivity contribution >= 4 is 23.2 Å². The Kier molecular flexibility index (Phi) is 7.59. The van der Waals surface area contributed by atoms with Gasteiger partial charge in [0.05, 0.1) is 11.6 Å². The molecule has 0 saturated carbocycles. The van der Waals surface area contributed by atoms with Crippen LogP contribution in [0, 0.1) is 6.92 Å². The van der Waals surface area contributed by atoms with Crippen molar-refractivity contribution in [1.29, 1.82) is 0 Å². The van der Waals surface area contributed by atoms with Gasteiger partial charge in [-0.3, -0.25) is 14.5 Å². The fourth-order valence-corrected chi connectivity index (χ4v) is 6.31. The number of alkyl halides is 3. The molecule has 38 heavy (non-hydrogen) atoms. The summed E-state index contributed by atoms with van der Waals surface area (Å²) in [4.78, 5) is 33.1. The number of amides is 2. The van der Waals surface area contributed by atoms with E-state index in [-0.39, 0.29) is 23.4 Å². The third kappa shape index (κ3) is 5.49. The Balaban J connectivity index is 1.18. The molecule has 5 nitrogen and oxygen atoms in total. The van der Waals surface area contributed by atoms with Crippen molar-refractivity contribution in [3.63, 3.8) is 0 Å². The van der Waals surface area contributed by atoms with E-state index in [1.54, 1.807) is 21.1 Å². The first-order valence-corrected chi connectivity index (χ1v) is 13.7. The van der Waals surface area contributed by atoms with E-state index in [0.717, 1.165) is 25.1 Å². The van der Waals surface area contributed by atoms with Gasteiger partial charge in [-0.1, -0.05) is 24.3 Å². The molecular weight excluding hydrogens is 511 g/mol. The number of fused-ring (bicyclic) bond motifs is 1. The van der Waals surface area contributed by atoms with E-state index >= 15 is 0 Å². The molecule has 1 saturated heterocycles. The van der Waals surface area contributed by atoms with E-state index in [0.29, 0.717) is 39.1 Å². The highest BCUT2D eigenvalue weighted by Gasteiger charge is 2.33. The molecule has 1 atom stereocenters. The van der Waals surface area contributed by atoms with Gasteiger partial charge in [-0.05, 0) is 65.7 Å². The van der Waals surface area contributed by atoms with E-state index in [1.165, 1.54) is 33.7 Å². The zero-order valence-corrected chi connectivity index (χ0v) is 22.0. The number of hydrogen-bond donors (Lipinski definition) is 0. The largest absolute Gasteiger partial charge is 0.416 e. The third-order valence-corrected chi connectivity index (χ3v) is 8.54. The van der Waals surface area contributed by atoms with Gasteiger partial charge >= 0.3 is 6.18 Å². The van der Waals surface area contributed by atoms with Gasteiger partial charge in [0, 0.05) is 56.1 Å². The summed E-state index contributed by atoms with van der Waals surface area (Å²) in [6.45, 7) is 5.23. The molecule has 1 aromatic heterocycles. The Morgan fingerprint density at radius 2 is 1.58 bits per heavy atom. The summed E-state index contributed by atoms with van der Waals surface area (Å²) >= 11 is 1.80. The predicted molar refractivity (Wildman–Crippen MR) is 141 cm³/mol. The summed E-state index contributed by atoms with van der Waals surface area (Å²) in [5, 5.41) is 2.15. The van der Waals surface area contributed by atoms with Crippen molar-refractivity contribution in [3.8, 4) is 0 Å². The zero-order valence-electron chi connectivity index (χ0n) is 21.2. The lowest BCUT2D eigenvalue weighted by Crippen LogP contribution is -2.51. The van der Waals surface area contributed by atoms with Crippen LogP contribution in [0.2, 0.25) is 0 Å². The Hall–Kier alpha value is -3.17. The van der Waals surface area contributed by atoms with Crippen LogP contribution in [-0.4, -0.2) is 65.8 Å². The fraction of sp³-hybridized carbons (Fsp3) is 0.379. The highest BCUT2D eigenvalue weighted by atomic mass is 32.1. The van der Waals surface area contributed by atoms with Crippen LogP contribution < -0.4 is 0 Å². The van der Waals surface area contributed by atoms with Crippen LogP contribution >= 0.6 is 11.3 Å². The highest BCUT2D eigenvalue weighted by Crippen LogP contribution is 2.39. The number of thiophene rings is 1. The van der Waals surface area contributed by atoms with Crippen LogP contribution in [0.15, 0.2) is 60.0 Å². The lowest BCUT2D eigenvalue weighted by atomic mass is 9.90. The number of rotatable bonds is 5. The smallest absolute Gasteiger partial charge is 0.339 e. The van der Waals surface area contributed by atoms with Crippen molar-refractivity contribution in [2.45, 2.75) is 32.0 Å². The van der Waals surface area contributed by atoms with Gasteiger partial charge in [0.2, 0.25) is 5.91 Å². The quantitative estimate of drug-likeness (QED) is 0.435. The van der Waals surface area contributed by atoms with Gasteiger partial charge in [-0.25, -0.2) is 0 Å². The Morgan fingerprint density at radius 3 is 2.26 bits per heavy atom. The Labute approximate surface area is 224 Å². The maximum absolute atomic E-state index is 13.1. The SMILES string of the molecule is Cc1ccccc1C1c2ccsc2CCN1CCC(=O)N1CCN(C(=O)c2ccc(C(F)(F)F)cc2)CC1. The van der Waals surface area contributed by atoms with E-state index < -0.39 is 11.7 Å². The van der Waals surface area contributed by atoms with E-state index in [9.17, 15) is 22.8 Å². The van der Waals surface area contributed by atoms with Gasteiger partial charge in [-0.15, -0.1) is 11.3 Å². The first kappa shape index (κ1) is 26.4. The number of aryl methyl sites for hydroxylation is 1. The molecular formula is C29H30F3N3O2S. The van der Waals surface area contributed by atoms with Crippen LogP contribution in [-0.2, 0) is 17.4 Å². The van der Waals surface area contributed by atoms with Gasteiger partial charge < -0.3 is 9.80 Å². The molecule has 200 valence electrons. The molecule has 3 heterocycles. The second-order valence-electron chi connectivity index (χ2n) is 9.84. The molecule has 0 N–H and O–H groups in total. The minimum Gasteiger partial charge on any atom is -0.339 e. The topological polar surface area (TPSA) is 43.9 Å². The molecule has 2 aromatic carbocycles. The second kappa shape index (κ2) is 10.9. The summed E-state index contributed by atoms with van der Waals surface area (Å²) in [6.07, 6.45) is -3.06. The van der Waals surface area contributed by atoms with Crippen molar-refractivity contribution in [1.82, 2.24) is 14.7 Å². The Morgan fingerprint density at radius 1 is 0.895 bits per heavy atom. The normalized spacial score (nSPS) is 18.4. The number of benzene rings is 2. The summed E-state index contributed by atoms with van der Waals surface area (Å²) in [5.74, 6) is -0.252. The van der Waals surface area contributed by atoms with Crippen LogP contribution in [0.4, 0.5) is 13.2 Å². The van der Waals surface area contributed by atoms with E-state index in [1.807, 2.05) is 6.07 Å². The van der Waals surface area contributed by atoms with Crippen molar-refractivity contribution in [2.75, 3.05) is 39.3 Å². The molecule has 2 amide bonds. The summed E-state index contributed by atoms with van der Waals surface area (Å²) in [5.41, 5.74) is 3.28. The average Bonchev–Trinajstić information content (AvgIpc) is 3.40. The summed E-state index contributed by atoms with van der Waals surface area (Å²) < 4.78 is 38.4. The molecule has 0 bridgehead atoms. The average molecular weight is 542 g/mol. The third-order valence-electron chi connectivity index (χ3n) is 7.54. The Bertz CT molecular complexity index is 1300. The molecule has 2 aliphatic heterocycles. The van der Waals surface area contributed by atoms with Gasteiger partial charge in [0.1, 0.15) is 0 Å². The monoisotopic (exact) mass is 541 g/mol. The number of carbonyl (C=O) groups excluding carboxylic acids is 2. The number of hydrogen-bond acceptors (Lipinski definition) is 4. The standard InChI is InChI=1S/C29H30F3N3O2S/c1-20-4-2-3-5-23(20)27-24-12-19-38-25(24)10-13-34(27)14-11-26(36)33-15-17-35(18-16-33)28(37)21-6-8-22(9-7-21)29(30,31)32/h2-9,12,19,27H,10-11,13-18H2,1H3. The van der Waals surface area contributed by atoms with Gasteiger partial charge in [-0.2, -0.15) is 13.2 Å². The second-order valence-corrected chi connectivity index (χ2v) is 10.8. The minimum atomic E-state index is -4.44. The lowest BCUT2D eigenvalue weighted by molar-refractivity contribution is -0.137. The number of piperazine rings is 1. The van der Waals surface area contributed by atoms with Crippen LogP contribution in [0.25, 0.3) is 0 Å². The molecule has 1 unspecified atom stereocenters. The van der Waals surface area contributed by atoms with Gasteiger partial charge in [0.15, 0.2) is 0 Å². The molecule has 1 fully saturated rings. The fourth-order valence-electron chi connectivity index (χ4n) is 5.41. The molecule has 5 rings (SSSR count). The number of nitrogens with zero attached hydrogens (tertiary/aromatic N) is 3. The van der Waals surface area contributed by atoms with Gasteiger partial charge in [0.25, 0.3) is 5.91 Å². The summed E-state index contributed by atoms with van der Waals surface area (Å²) in [6, 6.07) is 15.0. The lowest BCUT2D eigenvalue weighted by Gasteiger charge is -2.38. The first-order valence-electron chi connectivity index (χ1n) is 12.8. The zero-order chi connectivity index (χ0) is 26.9. The number of carbonyl (C=O) groups is 2. The molecule has 0 spiro atoms. The van der Waals surface area contributed by atoms with Crippen molar-refractivity contribution < 1.29 is 22.8 Å². The van der Waals surface area contributed by atoms with E-state index in [2.05, 4.69) is 41.5 Å². The molecule has 9 heteroatoms. The highest BCUT2D eigenvalue weighted by molar-refractivity contribution is 7.10. The predicted octanol–water partition coefficient (Wildman–Crippen LogP) is 5.40. The first-order chi connectivity index (χ1) is 18.2. The van der Waals surface area contributed by atoms with Crippen LogP contribution in [0.5, 0.6) is 0 Å². The van der Waals surface area contributed by atoms with Crippen LogP contribution in [0.3, 0.4) is 0 Å². The maximum Gasteiger partial charge on any atom is 0.416 e. The van der Waals surface area contributed by atoms with E-state index in [4.69, 9.17) is 0 Å². The van der Waals surface area contributed by atoms with Crippen molar-refractivity contribution in [2.24, 2.45) is 0 Å². The molecule has 3 aromatic rings. The molecule has 0 radical (unpaired) electrons. The molecule has 0 aliphatic carbocycles. The summed E-state index contributed by atoms with van der Waals surface area (Å²) in [7, 11) is 0. The molecule has 2 aliphatic rings.